The number of ether oxygens (including phenoxy) is 2. The van der Waals surface area contributed by atoms with Gasteiger partial charge in [-0.3, -0.25) is 9.20 Å². The molecular formula is C47H48ClF3N6O3S. The normalized spacial score (nSPS) is 13.5. The molecule has 61 heavy (non-hydrogen) atoms. The van der Waals surface area contributed by atoms with Gasteiger partial charge in [0.2, 0.25) is 5.88 Å². The smallest absolute Gasteiger partial charge is 0.476 e. The third-order valence-corrected chi connectivity index (χ3v) is 11.8. The van der Waals surface area contributed by atoms with Crippen LogP contribution in [0.5, 0.6) is 11.6 Å². The van der Waals surface area contributed by atoms with E-state index in [0.29, 0.717) is 41.8 Å². The molecule has 0 radical (unpaired) electrons. The first-order chi connectivity index (χ1) is 29.2. The lowest BCUT2D eigenvalue weighted by Gasteiger charge is -2.34. The first-order valence-electron chi connectivity index (χ1n) is 20.3. The summed E-state index contributed by atoms with van der Waals surface area (Å²) in [5.41, 5.74) is 8.78. The van der Waals surface area contributed by atoms with E-state index in [9.17, 15) is 18.0 Å². The Balaban J connectivity index is 0.000000215. The van der Waals surface area contributed by atoms with Crippen LogP contribution in [0.2, 0.25) is 5.02 Å². The average molecular weight is 869 g/mol. The summed E-state index contributed by atoms with van der Waals surface area (Å²) < 4.78 is 49.8. The summed E-state index contributed by atoms with van der Waals surface area (Å²) in [6.45, 7) is 11.3. The number of nitrogens with one attached hydrogen (secondary N) is 1. The molecule has 1 fully saturated rings. The molecule has 3 aromatic carbocycles. The Bertz CT molecular complexity index is 2550. The van der Waals surface area contributed by atoms with Crippen molar-refractivity contribution in [1.82, 2.24) is 24.7 Å². The van der Waals surface area contributed by atoms with Crippen LogP contribution in [0.1, 0.15) is 84.9 Å². The molecule has 1 aliphatic heterocycles. The zero-order valence-corrected chi connectivity index (χ0v) is 36.1. The van der Waals surface area contributed by atoms with Crippen molar-refractivity contribution in [3.8, 4) is 11.6 Å². The maximum absolute atomic E-state index is 13.0. The third kappa shape index (κ3) is 11.2. The molecule has 0 spiro atoms. The SMILES string of the molecule is CC(C)(C)c1ccc(CCOc2ncnc3ccsc23)cc1.CCc1nc2ccc(Cl)cn2c1C(=O)NCc1ccc(N2CCC(c3ccc(OC(F)(F)F)cc3)CC2)cc1. The van der Waals surface area contributed by atoms with Gasteiger partial charge in [0.15, 0.2) is 0 Å². The van der Waals surface area contributed by atoms with E-state index in [1.165, 1.54) is 23.3 Å². The van der Waals surface area contributed by atoms with Gasteiger partial charge in [-0.05, 0) is 101 Å². The number of rotatable bonds is 11. The number of thiophene rings is 1. The Morgan fingerprint density at radius 1 is 0.902 bits per heavy atom. The molecule has 7 aromatic rings. The number of benzene rings is 3. The molecule has 1 amide bonds. The maximum Gasteiger partial charge on any atom is 0.573 e. The van der Waals surface area contributed by atoms with Crippen LogP contribution in [-0.2, 0) is 24.8 Å². The number of hydrogen-bond acceptors (Lipinski definition) is 8. The fraction of sp³-hybridized carbons (Fsp3) is 0.319. The maximum atomic E-state index is 13.0. The van der Waals surface area contributed by atoms with Crippen molar-refractivity contribution >= 4 is 50.4 Å². The lowest BCUT2D eigenvalue weighted by Crippen LogP contribution is -2.32. The highest BCUT2D eigenvalue weighted by molar-refractivity contribution is 7.17. The second kappa shape index (κ2) is 18.9. The van der Waals surface area contributed by atoms with Crippen LogP contribution in [0, 0.1) is 0 Å². The summed E-state index contributed by atoms with van der Waals surface area (Å²) >= 11 is 7.76. The first kappa shape index (κ1) is 43.4. The van der Waals surface area contributed by atoms with E-state index in [1.54, 1.807) is 52.5 Å². The summed E-state index contributed by atoms with van der Waals surface area (Å²) in [6.07, 6.45) is 1.89. The third-order valence-electron chi connectivity index (χ3n) is 10.7. The molecular weight excluding hydrogens is 821 g/mol. The number of aryl methyl sites for hydroxylation is 1. The van der Waals surface area contributed by atoms with Crippen molar-refractivity contribution in [3.63, 3.8) is 0 Å². The van der Waals surface area contributed by atoms with E-state index in [1.807, 2.05) is 30.5 Å². The van der Waals surface area contributed by atoms with Crippen molar-refractivity contribution in [2.75, 3.05) is 24.6 Å². The molecule has 318 valence electrons. The number of anilines is 1. The van der Waals surface area contributed by atoms with E-state index < -0.39 is 6.36 Å². The first-order valence-corrected chi connectivity index (χ1v) is 21.5. The largest absolute Gasteiger partial charge is 0.573 e. The summed E-state index contributed by atoms with van der Waals surface area (Å²) in [6, 6.07) is 28.6. The Hall–Kier alpha value is -5.66. The number of imidazole rings is 1. The van der Waals surface area contributed by atoms with Crippen LogP contribution < -0.4 is 19.7 Å². The molecule has 5 heterocycles. The monoisotopic (exact) mass is 868 g/mol. The predicted octanol–water partition coefficient (Wildman–Crippen LogP) is 11.4. The number of carbonyl (C=O) groups excluding carboxylic acids is 1. The van der Waals surface area contributed by atoms with Gasteiger partial charge >= 0.3 is 6.36 Å². The zero-order valence-electron chi connectivity index (χ0n) is 34.5. The lowest BCUT2D eigenvalue weighted by molar-refractivity contribution is -0.274. The summed E-state index contributed by atoms with van der Waals surface area (Å²) in [4.78, 5) is 28.3. The van der Waals surface area contributed by atoms with Crippen molar-refractivity contribution in [2.45, 2.75) is 77.6 Å². The number of alkyl halides is 3. The highest BCUT2D eigenvalue weighted by atomic mass is 35.5. The zero-order chi connectivity index (χ0) is 43.1. The second-order valence-corrected chi connectivity index (χ2v) is 17.3. The second-order valence-electron chi connectivity index (χ2n) is 15.9. The number of carbonyl (C=O) groups is 1. The van der Waals surface area contributed by atoms with Gasteiger partial charge in [0, 0.05) is 37.9 Å². The van der Waals surface area contributed by atoms with E-state index in [0.717, 1.165) is 65.1 Å². The number of halogens is 4. The molecule has 14 heteroatoms. The van der Waals surface area contributed by atoms with Crippen molar-refractivity contribution in [3.05, 3.63) is 148 Å². The summed E-state index contributed by atoms with van der Waals surface area (Å²) in [5, 5.41) is 5.54. The Morgan fingerprint density at radius 3 is 2.28 bits per heavy atom. The fourth-order valence-electron chi connectivity index (χ4n) is 7.36. The van der Waals surface area contributed by atoms with Gasteiger partial charge in [-0.25, -0.2) is 15.0 Å². The minimum atomic E-state index is -4.68. The van der Waals surface area contributed by atoms with Crippen LogP contribution in [0.25, 0.3) is 15.9 Å². The van der Waals surface area contributed by atoms with Crippen LogP contribution in [0.4, 0.5) is 18.9 Å². The molecule has 0 unspecified atom stereocenters. The minimum Gasteiger partial charge on any atom is -0.476 e. The topological polar surface area (TPSA) is 93.9 Å². The quantitative estimate of drug-likeness (QED) is 0.138. The highest BCUT2D eigenvalue weighted by Crippen LogP contribution is 2.33. The number of aromatic nitrogens is 4. The molecule has 9 nitrogen and oxygen atoms in total. The van der Waals surface area contributed by atoms with Crippen LogP contribution >= 0.6 is 22.9 Å². The number of amides is 1. The molecule has 4 aromatic heterocycles. The molecule has 1 aliphatic rings. The van der Waals surface area contributed by atoms with Gasteiger partial charge in [-0.15, -0.1) is 24.5 Å². The van der Waals surface area contributed by atoms with Crippen LogP contribution in [0.3, 0.4) is 0 Å². The van der Waals surface area contributed by atoms with E-state index >= 15 is 0 Å². The molecule has 0 atom stereocenters. The molecule has 0 aliphatic carbocycles. The van der Waals surface area contributed by atoms with Gasteiger partial charge in [0.05, 0.1) is 22.8 Å². The van der Waals surface area contributed by atoms with Gasteiger partial charge in [0.25, 0.3) is 5.91 Å². The lowest BCUT2D eigenvalue weighted by atomic mass is 9.86. The summed E-state index contributed by atoms with van der Waals surface area (Å²) in [7, 11) is 0. The molecule has 1 saturated heterocycles. The standard InChI is InChI=1S/C29H28ClF3N4O2.C18H20N2OS/c1-2-25-27(37-18-22(30)7-12-26(37)35-25)28(38)34-17-19-3-8-23(9-4-19)36-15-13-21(14-16-36)20-5-10-24(11-6-20)39-29(31,32)33;1-18(2,3)14-6-4-13(5-7-14)8-10-21-17-16-15(9-11-22-16)19-12-20-17/h3-12,18,21H,2,13-17H2,1H3,(H,34,38);4-7,9,11-12H,8,10H2,1-3H3. The Kier molecular flexibility index (Phi) is 13.5. The van der Waals surface area contributed by atoms with Crippen molar-refractivity contribution in [2.24, 2.45) is 0 Å². The Morgan fingerprint density at radius 2 is 1.61 bits per heavy atom. The molecule has 0 bridgehead atoms. The average Bonchev–Trinajstić information content (AvgIpc) is 3.88. The van der Waals surface area contributed by atoms with E-state index in [-0.39, 0.29) is 23.0 Å². The predicted molar refractivity (Wildman–Crippen MR) is 236 cm³/mol. The fourth-order valence-corrected chi connectivity index (χ4v) is 8.31. The summed E-state index contributed by atoms with van der Waals surface area (Å²) in [5.74, 6) is 0.573. The van der Waals surface area contributed by atoms with Gasteiger partial charge in [-0.2, -0.15) is 0 Å². The number of hydrogen-bond donors (Lipinski definition) is 1. The molecule has 8 rings (SSSR count). The number of nitrogens with zero attached hydrogens (tertiary/aromatic N) is 5. The van der Waals surface area contributed by atoms with Crippen molar-refractivity contribution < 1.29 is 27.4 Å². The van der Waals surface area contributed by atoms with Gasteiger partial charge in [0.1, 0.15) is 28.1 Å². The molecule has 0 saturated carbocycles. The van der Waals surface area contributed by atoms with Gasteiger partial charge in [-0.1, -0.05) is 87.8 Å². The Labute approximate surface area is 362 Å². The van der Waals surface area contributed by atoms with E-state index in [4.69, 9.17) is 16.3 Å². The van der Waals surface area contributed by atoms with Gasteiger partial charge < -0.3 is 19.7 Å². The number of fused-ring (bicyclic) bond motifs is 2. The minimum absolute atomic E-state index is 0.195. The highest BCUT2D eigenvalue weighted by Gasteiger charge is 2.31. The van der Waals surface area contributed by atoms with Crippen LogP contribution in [-0.4, -0.2) is 51.3 Å². The number of pyridine rings is 1. The van der Waals surface area contributed by atoms with Crippen LogP contribution in [0.15, 0.2) is 109 Å². The molecule has 1 N–H and O–H groups in total. The van der Waals surface area contributed by atoms with Crippen molar-refractivity contribution in [1.29, 1.82) is 0 Å². The van der Waals surface area contributed by atoms with E-state index in [2.05, 4.69) is 87.1 Å². The number of piperidine rings is 1.